The van der Waals surface area contributed by atoms with E-state index in [-0.39, 0.29) is 17.6 Å². The lowest BCUT2D eigenvalue weighted by atomic mass is 9.81. The van der Waals surface area contributed by atoms with Crippen LogP contribution in [-0.2, 0) is 16.0 Å². The molecule has 3 N–H and O–H groups in total. The van der Waals surface area contributed by atoms with E-state index < -0.39 is 23.8 Å². The molecule has 2 amide bonds. The van der Waals surface area contributed by atoms with Crippen LogP contribution in [0.25, 0.3) is 0 Å². The molecule has 0 fully saturated rings. The normalized spacial score (nSPS) is 21.6. The van der Waals surface area contributed by atoms with E-state index >= 15 is 0 Å². The summed E-state index contributed by atoms with van der Waals surface area (Å²) in [6.07, 6.45) is 2.56. The zero-order chi connectivity index (χ0) is 24.5. The van der Waals surface area contributed by atoms with E-state index in [0.717, 1.165) is 11.3 Å². The molecule has 2 aliphatic heterocycles. The highest BCUT2D eigenvalue weighted by Gasteiger charge is 2.36. The number of hydrogen-bond donors (Lipinski definition) is 3. The van der Waals surface area contributed by atoms with Crippen LogP contribution in [0, 0.1) is 17.8 Å². The van der Waals surface area contributed by atoms with Gasteiger partial charge in [0.15, 0.2) is 5.78 Å². The van der Waals surface area contributed by atoms with Gasteiger partial charge in [0.05, 0.1) is 18.6 Å². The smallest absolute Gasteiger partial charge is 0.247 e. The highest BCUT2D eigenvalue weighted by Crippen LogP contribution is 2.27. The number of fused-ring (bicyclic) bond motifs is 12. The van der Waals surface area contributed by atoms with Crippen LogP contribution in [0.2, 0.25) is 0 Å². The summed E-state index contributed by atoms with van der Waals surface area (Å²) < 4.78 is 5.81. The molecule has 0 saturated heterocycles. The van der Waals surface area contributed by atoms with Crippen molar-refractivity contribution in [2.45, 2.75) is 52.0 Å². The highest BCUT2D eigenvalue weighted by atomic mass is 16.5. The molecule has 2 unspecified atom stereocenters. The fourth-order valence-corrected chi connectivity index (χ4v) is 4.47. The van der Waals surface area contributed by atoms with Gasteiger partial charge in [-0.2, -0.15) is 0 Å². The van der Waals surface area contributed by atoms with Gasteiger partial charge >= 0.3 is 0 Å². The molecule has 2 aliphatic rings. The van der Waals surface area contributed by atoms with Crippen LogP contribution in [0.3, 0.4) is 0 Å². The van der Waals surface area contributed by atoms with Gasteiger partial charge in [0, 0.05) is 17.9 Å². The molecule has 0 radical (unpaired) electrons. The number of nitrogens with one attached hydrogen (secondary N) is 2. The van der Waals surface area contributed by atoms with Crippen molar-refractivity contribution in [3.63, 3.8) is 0 Å². The minimum atomic E-state index is -0.792. The lowest BCUT2D eigenvalue weighted by molar-refractivity contribution is -0.141. The molecule has 182 valence electrons. The van der Waals surface area contributed by atoms with Crippen molar-refractivity contribution < 1.29 is 24.3 Å². The molecule has 0 aliphatic carbocycles. The van der Waals surface area contributed by atoms with Crippen molar-refractivity contribution in [2.75, 3.05) is 6.61 Å². The summed E-state index contributed by atoms with van der Waals surface area (Å²) in [6, 6.07) is 15.6. The molecule has 7 heteroatoms. The van der Waals surface area contributed by atoms with Gasteiger partial charge in [-0.15, -0.1) is 0 Å². The van der Waals surface area contributed by atoms with Crippen LogP contribution in [0.1, 0.15) is 55.5 Å². The zero-order valence-corrected chi connectivity index (χ0v) is 19.8. The Labute approximate surface area is 200 Å². The number of hydrogen-bond acceptors (Lipinski definition) is 5. The van der Waals surface area contributed by atoms with Crippen LogP contribution >= 0.6 is 0 Å². The first-order valence-electron chi connectivity index (χ1n) is 11.9. The molecule has 0 spiro atoms. The van der Waals surface area contributed by atoms with Gasteiger partial charge in [-0.1, -0.05) is 56.3 Å². The van der Waals surface area contributed by atoms with E-state index in [4.69, 9.17) is 4.74 Å². The van der Waals surface area contributed by atoms with E-state index in [1.54, 1.807) is 29.7 Å². The number of carbonyl (C=O) groups excluding carboxylic acids is 3. The Bertz CT molecular complexity index is 959. The number of hydroxylamine groups is 1. The van der Waals surface area contributed by atoms with E-state index in [9.17, 15) is 19.6 Å². The van der Waals surface area contributed by atoms with Gasteiger partial charge in [0.2, 0.25) is 11.8 Å². The third-order valence-corrected chi connectivity index (χ3v) is 6.23. The van der Waals surface area contributed by atoms with Gasteiger partial charge in [-0.25, -0.2) is 5.48 Å². The molecule has 0 saturated carbocycles. The molecule has 2 bridgehead atoms. The van der Waals surface area contributed by atoms with Crippen LogP contribution < -0.4 is 15.5 Å². The molecule has 2 aromatic carbocycles. The molecule has 3 atom stereocenters. The van der Waals surface area contributed by atoms with Crippen molar-refractivity contribution in [3.05, 3.63) is 65.7 Å². The number of ketones is 1. The molecular weight excluding hydrogens is 432 g/mol. The van der Waals surface area contributed by atoms with Crippen LogP contribution in [-0.4, -0.2) is 35.5 Å². The molecule has 2 aromatic rings. The summed E-state index contributed by atoms with van der Waals surface area (Å²) in [5, 5.41) is 12.3. The molecule has 4 rings (SSSR count). The minimum Gasteiger partial charge on any atom is -0.494 e. The van der Waals surface area contributed by atoms with Crippen molar-refractivity contribution in [1.29, 1.82) is 0 Å². The summed E-state index contributed by atoms with van der Waals surface area (Å²) in [6.45, 7) is 4.46. The second kappa shape index (κ2) is 12.3. The zero-order valence-electron chi connectivity index (χ0n) is 19.8. The summed E-state index contributed by atoms with van der Waals surface area (Å²) in [5.41, 5.74) is 3.14. The second-order valence-corrected chi connectivity index (χ2v) is 9.30. The number of amides is 2. The summed E-state index contributed by atoms with van der Waals surface area (Å²) in [5.74, 6) is -1.63. The minimum absolute atomic E-state index is 0.144. The summed E-state index contributed by atoms with van der Waals surface area (Å²) in [4.78, 5) is 39.5. The lowest BCUT2D eigenvalue weighted by Crippen LogP contribution is -2.48. The molecule has 0 aromatic heterocycles. The maximum Gasteiger partial charge on any atom is 0.247 e. The highest BCUT2D eigenvalue weighted by molar-refractivity contribution is 6.02. The summed E-state index contributed by atoms with van der Waals surface area (Å²) in [7, 11) is 0. The standard InChI is InChI=1S/C27H34N2O5/c1-18(2)16-23-22(27(32)29-33)10-6-7-15-34-21-13-11-19(12-14-21)17-24(28-26(23)31)25(30)20-8-4-3-5-9-20/h3-5,8-9,11-14,18,22-24,33H,6-7,10,15-17H2,1-2H3,(H,28,31)(H,29,32)/t22-,23?,24?/m0/s1. The monoisotopic (exact) mass is 466 g/mol. The Balaban J connectivity index is 1.97. The number of benzene rings is 2. The van der Waals surface area contributed by atoms with E-state index in [1.165, 1.54) is 0 Å². The average molecular weight is 467 g/mol. The van der Waals surface area contributed by atoms with Crippen molar-refractivity contribution in [1.82, 2.24) is 10.8 Å². The number of ether oxygens (including phenoxy) is 1. The molecule has 2 heterocycles. The Morgan fingerprint density at radius 2 is 1.79 bits per heavy atom. The quantitative estimate of drug-likeness (QED) is 0.352. The second-order valence-electron chi connectivity index (χ2n) is 9.30. The van der Waals surface area contributed by atoms with E-state index in [1.807, 2.05) is 44.2 Å². The molecule has 7 nitrogen and oxygen atoms in total. The van der Waals surface area contributed by atoms with E-state index in [2.05, 4.69) is 5.32 Å². The Morgan fingerprint density at radius 3 is 2.44 bits per heavy atom. The molecule has 34 heavy (non-hydrogen) atoms. The third kappa shape index (κ3) is 6.90. The van der Waals surface area contributed by atoms with Gasteiger partial charge < -0.3 is 10.1 Å². The van der Waals surface area contributed by atoms with Crippen LogP contribution in [0.4, 0.5) is 0 Å². The first-order valence-corrected chi connectivity index (χ1v) is 11.9. The maximum absolute atomic E-state index is 13.6. The Kier molecular flexibility index (Phi) is 9.22. The van der Waals surface area contributed by atoms with Gasteiger partial charge in [-0.05, 0) is 49.3 Å². The van der Waals surface area contributed by atoms with Gasteiger partial charge in [0.1, 0.15) is 5.75 Å². The van der Waals surface area contributed by atoms with E-state index in [0.29, 0.717) is 44.3 Å². The predicted molar refractivity (Wildman–Crippen MR) is 129 cm³/mol. The topological polar surface area (TPSA) is 105 Å². The number of carbonyl (C=O) groups is 3. The van der Waals surface area contributed by atoms with Gasteiger partial charge in [0.25, 0.3) is 0 Å². The molecular formula is C27H34N2O5. The first-order chi connectivity index (χ1) is 16.4. The largest absolute Gasteiger partial charge is 0.494 e. The fraction of sp³-hybridized carbons (Fsp3) is 0.444. The van der Waals surface area contributed by atoms with Crippen molar-refractivity contribution >= 4 is 17.6 Å². The van der Waals surface area contributed by atoms with Crippen molar-refractivity contribution in [2.24, 2.45) is 17.8 Å². The average Bonchev–Trinajstić information content (AvgIpc) is 2.85. The summed E-state index contributed by atoms with van der Waals surface area (Å²) >= 11 is 0. The lowest BCUT2D eigenvalue weighted by Gasteiger charge is -2.28. The first kappa shape index (κ1) is 25.4. The van der Waals surface area contributed by atoms with Gasteiger partial charge in [-0.3, -0.25) is 19.6 Å². The Hall–Kier alpha value is -3.19. The SMILES string of the molecule is CC(C)CC1C(=O)NC(C(=O)c2ccccc2)Cc2ccc(cc2)OCCCC[C@@H]1C(=O)NO. The fourth-order valence-electron chi connectivity index (χ4n) is 4.47. The Morgan fingerprint density at radius 1 is 1.09 bits per heavy atom. The predicted octanol–water partition coefficient (Wildman–Crippen LogP) is 3.94. The number of rotatable bonds is 5. The maximum atomic E-state index is 13.6. The van der Waals surface area contributed by atoms with Crippen LogP contribution in [0.15, 0.2) is 54.6 Å². The third-order valence-electron chi connectivity index (χ3n) is 6.23. The number of Topliss-reactive ketones (excluding diaryl/α,β-unsaturated/α-hetero) is 1. The van der Waals surface area contributed by atoms with Crippen LogP contribution in [0.5, 0.6) is 5.75 Å². The van der Waals surface area contributed by atoms with Crippen molar-refractivity contribution in [3.8, 4) is 5.75 Å².